The Morgan fingerprint density at radius 2 is 2.27 bits per heavy atom. The summed E-state index contributed by atoms with van der Waals surface area (Å²) < 4.78 is 1.63. The number of fused-ring (bicyclic) bond motifs is 1. The molecule has 0 radical (unpaired) electrons. The number of hydrogen-bond donors (Lipinski definition) is 1. The van der Waals surface area contributed by atoms with Crippen molar-refractivity contribution >= 4 is 22.9 Å². The molecule has 0 aliphatic rings. The van der Waals surface area contributed by atoms with Crippen molar-refractivity contribution in [3.8, 4) is 0 Å². The number of aromatic nitrogens is 2. The Bertz CT molecular complexity index is 393. The van der Waals surface area contributed by atoms with E-state index in [1.165, 1.54) is 0 Å². The quantitative estimate of drug-likeness (QED) is 0.647. The largest absolute Gasteiger partial charge is 0.384 e. The highest BCUT2D eigenvalue weighted by atomic mass is 35.5. The normalized spacial score (nSPS) is 10.6. The smallest absolute Gasteiger partial charge is 0.127 e. The van der Waals surface area contributed by atoms with E-state index in [4.69, 9.17) is 17.3 Å². The summed E-state index contributed by atoms with van der Waals surface area (Å²) in [5, 5.41) is 4.63. The third kappa shape index (κ3) is 0.935. The van der Waals surface area contributed by atoms with Gasteiger partial charge in [0.25, 0.3) is 0 Å². The molecule has 0 spiro atoms. The molecule has 2 aromatic rings. The molecule has 2 N–H and O–H groups in total. The van der Waals surface area contributed by atoms with E-state index in [0.29, 0.717) is 10.8 Å². The van der Waals surface area contributed by atoms with E-state index in [1.807, 2.05) is 12.1 Å². The maximum Gasteiger partial charge on any atom is 0.127 e. The first-order valence-electron chi connectivity index (χ1n) is 3.16. The molecule has 0 atom stereocenters. The molecule has 2 rings (SSSR count). The summed E-state index contributed by atoms with van der Waals surface area (Å²) in [6, 6.07) is 5.33. The first-order valence-corrected chi connectivity index (χ1v) is 3.54. The lowest BCUT2D eigenvalue weighted by Gasteiger charge is -1.98. The molecule has 0 saturated carbocycles. The van der Waals surface area contributed by atoms with E-state index in [9.17, 15) is 0 Å². The molecule has 0 bridgehead atoms. The number of nitrogen functional groups attached to an aromatic ring is 1. The van der Waals surface area contributed by atoms with Crippen molar-refractivity contribution in [2.45, 2.75) is 0 Å². The molecule has 0 aromatic carbocycles. The van der Waals surface area contributed by atoms with E-state index in [0.717, 1.165) is 5.52 Å². The lowest BCUT2D eigenvalue weighted by atomic mass is 10.4. The number of rotatable bonds is 0. The molecule has 2 aromatic heterocycles. The van der Waals surface area contributed by atoms with Gasteiger partial charge in [-0.3, -0.25) is 0 Å². The number of hydrogen-bond acceptors (Lipinski definition) is 2. The minimum atomic E-state index is 0.553. The molecule has 0 amide bonds. The fraction of sp³-hybridized carbons (Fsp3) is 0. The Labute approximate surface area is 68.4 Å². The Morgan fingerprint density at radius 3 is 3.09 bits per heavy atom. The zero-order valence-corrected chi connectivity index (χ0v) is 6.42. The highest BCUT2D eigenvalue weighted by Gasteiger charge is 1.98. The predicted octanol–water partition coefficient (Wildman–Crippen LogP) is 1.57. The van der Waals surface area contributed by atoms with Gasteiger partial charge in [0.05, 0.1) is 11.7 Å². The SMILES string of the molecule is Nc1cc(Cl)cc2ccnn12. The molecule has 0 unspecified atom stereocenters. The van der Waals surface area contributed by atoms with E-state index in [2.05, 4.69) is 5.10 Å². The second-order valence-corrected chi connectivity index (χ2v) is 2.70. The minimum Gasteiger partial charge on any atom is -0.384 e. The maximum absolute atomic E-state index is 5.76. The first kappa shape index (κ1) is 6.49. The number of anilines is 1. The molecule has 11 heavy (non-hydrogen) atoms. The Morgan fingerprint density at radius 1 is 1.45 bits per heavy atom. The Kier molecular flexibility index (Phi) is 1.26. The second-order valence-electron chi connectivity index (χ2n) is 2.27. The van der Waals surface area contributed by atoms with Gasteiger partial charge >= 0.3 is 0 Å². The van der Waals surface area contributed by atoms with E-state index >= 15 is 0 Å². The van der Waals surface area contributed by atoms with Crippen molar-refractivity contribution < 1.29 is 0 Å². The number of nitrogens with zero attached hydrogens (tertiary/aromatic N) is 2. The summed E-state index contributed by atoms with van der Waals surface area (Å²) in [5.74, 6) is 0.553. The lowest BCUT2D eigenvalue weighted by molar-refractivity contribution is 0.974. The van der Waals surface area contributed by atoms with Crippen LogP contribution in [-0.2, 0) is 0 Å². The van der Waals surface area contributed by atoms with Gasteiger partial charge in [-0.15, -0.1) is 0 Å². The lowest BCUT2D eigenvalue weighted by Crippen LogP contribution is -1.96. The van der Waals surface area contributed by atoms with Crippen LogP contribution in [0.4, 0.5) is 5.82 Å². The average Bonchev–Trinajstić information content (AvgIpc) is 2.34. The van der Waals surface area contributed by atoms with Crippen LogP contribution < -0.4 is 5.73 Å². The van der Waals surface area contributed by atoms with Gasteiger partial charge in [0.1, 0.15) is 5.82 Å². The highest BCUT2D eigenvalue weighted by molar-refractivity contribution is 6.31. The fourth-order valence-corrected chi connectivity index (χ4v) is 1.25. The van der Waals surface area contributed by atoms with Gasteiger partial charge in [-0.1, -0.05) is 11.6 Å². The van der Waals surface area contributed by atoms with Crippen LogP contribution in [0.15, 0.2) is 24.4 Å². The van der Waals surface area contributed by atoms with Crippen LogP contribution in [0.3, 0.4) is 0 Å². The Balaban J connectivity index is 2.91. The fourth-order valence-electron chi connectivity index (χ4n) is 1.02. The summed E-state index contributed by atoms with van der Waals surface area (Å²) in [5.41, 5.74) is 6.53. The van der Waals surface area contributed by atoms with Crippen LogP contribution in [0.5, 0.6) is 0 Å². The predicted molar refractivity (Wildman–Crippen MR) is 44.6 cm³/mol. The average molecular weight is 168 g/mol. The zero-order chi connectivity index (χ0) is 7.84. The summed E-state index contributed by atoms with van der Waals surface area (Å²) in [7, 11) is 0. The van der Waals surface area contributed by atoms with Crippen molar-refractivity contribution in [2.24, 2.45) is 0 Å². The van der Waals surface area contributed by atoms with Gasteiger partial charge < -0.3 is 5.73 Å². The van der Waals surface area contributed by atoms with Crippen molar-refractivity contribution in [3.05, 3.63) is 29.4 Å². The third-order valence-electron chi connectivity index (χ3n) is 1.49. The molecule has 56 valence electrons. The molecule has 4 heteroatoms. The van der Waals surface area contributed by atoms with Crippen LogP contribution in [0.25, 0.3) is 5.52 Å². The molecule has 0 aliphatic carbocycles. The third-order valence-corrected chi connectivity index (χ3v) is 1.71. The topological polar surface area (TPSA) is 43.3 Å². The summed E-state index contributed by atoms with van der Waals surface area (Å²) in [6.07, 6.45) is 1.68. The van der Waals surface area contributed by atoms with Gasteiger partial charge in [-0.25, -0.2) is 4.52 Å². The van der Waals surface area contributed by atoms with Crippen molar-refractivity contribution in [1.29, 1.82) is 0 Å². The minimum absolute atomic E-state index is 0.553. The molecule has 0 fully saturated rings. The molecule has 3 nitrogen and oxygen atoms in total. The summed E-state index contributed by atoms with van der Waals surface area (Å²) in [6.45, 7) is 0. The second kappa shape index (κ2) is 2.13. The van der Waals surface area contributed by atoms with Crippen molar-refractivity contribution in [3.63, 3.8) is 0 Å². The van der Waals surface area contributed by atoms with Crippen LogP contribution in [-0.4, -0.2) is 9.61 Å². The van der Waals surface area contributed by atoms with Crippen LogP contribution >= 0.6 is 11.6 Å². The molecular formula is C7H6ClN3. The summed E-state index contributed by atoms with van der Waals surface area (Å²) in [4.78, 5) is 0. The van der Waals surface area contributed by atoms with Crippen LogP contribution in [0.1, 0.15) is 0 Å². The number of pyridine rings is 1. The highest BCUT2D eigenvalue weighted by Crippen LogP contribution is 2.16. The van der Waals surface area contributed by atoms with Gasteiger partial charge in [0, 0.05) is 5.02 Å². The Hall–Kier alpha value is -1.22. The molecule has 0 aliphatic heterocycles. The standard InChI is InChI=1S/C7H6ClN3/c8-5-3-6-1-2-10-11(6)7(9)4-5/h1-4H,9H2. The van der Waals surface area contributed by atoms with E-state index in [-0.39, 0.29) is 0 Å². The van der Waals surface area contributed by atoms with E-state index in [1.54, 1.807) is 16.8 Å². The van der Waals surface area contributed by atoms with Gasteiger partial charge in [0.15, 0.2) is 0 Å². The van der Waals surface area contributed by atoms with Crippen LogP contribution in [0.2, 0.25) is 5.02 Å². The van der Waals surface area contributed by atoms with Gasteiger partial charge in [-0.05, 0) is 18.2 Å². The number of halogens is 1. The summed E-state index contributed by atoms with van der Waals surface area (Å²) >= 11 is 5.76. The molecule has 0 saturated heterocycles. The number of nitrogens with two attached hydrogens (primary N) is 1. The zero-order valence-electron chi connectivity index (χ0n) is 5.66. The maximum atomic E-state index is 5.76. The van der Waals surface area contributed by atoms with Crippen molar-refractivity contribution in [1.82, 2.24) is 9.61 Å². The van der Waals surface area contributed by atoms with Crippen molar-refractivity contribution in [2.75, 3.05) is 5.73 Å². The first-order chi connectivity index (χ1) is 5.27. The van der Waals surface area contributed by atoms with Gasteiger partial charge in [0.2, 0.25) is 0 Å². The monoisotopic (exact) mass is 167 g/mol. The van der Waals surface area contributed by atoms with E-state index < -0.39 is 0 Å². The van der Waals surface area contributed by atoms with Crippen LogP contribution in [0, 0.1) is 0 Å². The molecular weight excluding hydrogens is 162 g/mol. The van der Waals surface area contributed by atoms with Gasteiger partial charge in [-0.2, -0.15) is 5.10 Å². The molecule has 2 heterocycles.